The number of carbonyl (C=O) groups is 1. The maximum absolute atomic E-state index is 12.5. The van der Waals surface area contributed by atoms with Crippen LogP contribution in [0.1, 0.15) is 36.7 Å². The third kappa shape index (κ3) is 4.15. The largest absolute Gasteiger partial charge is 0.416 e. The molecule has 0 bridgehead atoms. The highest BCUT2D eigenvalue weighted by atomic mass is 127. The molecule has 0 unspecified atom stereocenters. The second-order valence-corrected chi connectivity index (χ2v) is 6.06. The van der Waals surface area contributed by atoms with Gasteiger partial charge in [-0.3, -0.25) is 4.79 Å². The fourth-order valence-electron chi connectivity index (χ4n) is 1.28. The molecular weight excluding hydrogens is 358 g/mol. The highest BCUT2D eigenvalue weighted by molar-refractivity contribution is 14.1. The van der Waals surface area contributed by atoms with Crippen molar-refractivity contribution >= 4 is 28.5 Å². The fourth-order valence-corrected chi connectivity index (χ4v) is 2.04. The second kappa shape index (κ2) is 5.07. The van der Waals surface area contributed by atoms with Gasteiger partial charge in [-0.15, -0.1) is 0 Å². The minimum absolute atomic E-state index is 0.249. The molecule has 0 atom stereocenters. The zero-order valence-electron chi connectivity index (χ0n) is 10.2. The van der Waals surface area contributed by atoms with Crippen molar-refractivity contribution in [2.75, 3.05) is 0 Å². The lowest BCUT2D eigenvalue weighted by atomic mass is 10.1. The lowest BCUT2D eigenvalue weighted by Gasteiger charge is -2.21. The summed E-state index contributed by atoms with van der Waals surface area (Å²) in [6.45, 7) is 5.42. The Morgan fingerprint density at radius 1 is 1.22 bits per heavy atom. The van der Waals surface area contributed by atoms with E-state index in [0.29, 0.717) is 0 Å². The van der Waals surface area contributed by atoms with Crippen LogP contribution in [0.2, 0.25) is 0 Å². The van der Waals surface area contributed by atoms with Gasteiger partial charge in [-0.25, -0.2) is 0 Å². The van der Waals surface area contributed by atoms with Crippen molar-refractivity contribution in [2.45, 2.75) is 32.5 Å². The van der Waals surface area contributed by atoms with Crippen molar-refractivity contribution in [2.24, 2.45) is 0 Å². The molecule has 1 aromatic rings. The van der Waals surface area contributed by atoms with E-state index in [1.807, 2.05) is 20.8 Å². The Kier molecular flexibility index (Phi) is 4.30. The number of halogens is 4. The molecule has 1 rings (SSSR count). The van der Waals surface area contributed by atoms with Crippen molar-refractivity contribution in [3.05, 3.63) is 32.9 Å². The minimum Gasteiger partial charge on any atom is -0.347 e. The first-order valence-corrected chi connectivity index (χ1v) is 6.28. The SMILES string of the molecule is CC(C)(C)NC(=O)c1ccc(C(F)(F)F)cc1I. The van der Waals surface area contributed by atoms with Gasteiger partial charge in [0.05, 0.1) is 11.1 Å². The highest BCUT2D eigenvalue weighted by Crippen LogP contribution is 2.31. The van der Waals surface area contributed by atoms with Gasteiger partial charge in [-0.2, -0.15) is 13.2 Å². The van der Waals surface area contributed by atoms with Gasteiger partial charge in [-0.05, 0) is 61.6 Å². The van der Waals surface area contributed by atoms with Gasteiger partial charge < -0.3 is 5.32 Å². The van der Waals surface area contributed by atoms with Crippen LogP contribution < -0.4 is 5.32 Å². The van der Waals surface area contributed by atoms with Crippen molar-refractivity contribution in [1.82, 2.24) is 5.32 Å². The summed E-state index contributed by atoms with van der Waals surface area (Å²) in [4.78, 5) is 11.8. The molecule has 0 spiro atoms. The number of rotatable bonds is 1. The van der Waals surface area contributed by atoms with Crippen LogP contribution in [0.4, 0.5) is 13.2 Å². The molecule has 1 N–H and O–H groups in total. The van der Waals surface area contributed by atoms with Crippen LogP contribution in [0.15, 0.2) is 18.2 Å². The van der Waals surface area contributed by atoms with Gasteiger partial charge in [0.25, 0.3) is 5.91 Å². The summed E-state index contributed by atoms with van der Waals surface area (Å²) in [5.74, 6) is -0.374. The minimum atomic E-state index is -4.39. The van der Waals surface area contributed by atoms with Crippen LogP contribution in [0, 0.1) is 3.57 Å². The summed E-state index contributed by atoms with van der Waals surface area (Å²) in [7, 11) is 0. The number of carbonyl (C=O) groups excluding carboxylic acids is 1. The molecule has 6 heteroatoms. The van der Waals surface area contributed by atoms with Crippen LogP contribution >= 0.6 is 22.6 Å². The third-order valence-electron chi connectivity index (χ3n) is 2.03. The molecule has 0 aromatic heterocycles. The molecule has 0 heterocycles. The molecule has 0 radical (unpaired) electrons. The van der Waals surface area contributed by atoms with Crippen LogP contribution in [0.5, 0.6) is 0 Å². The van der Waals surface area contributed by atoms with Crippen molar-refractivity contribution < 1.29 is 18.0 Å². The van der Waals surface area contributed by atoms with E-state index in [1.165, 1.54) is 6.07 Å². The van der Waals surface area contributed by atoms with E-state index >= 15 is 0 Å². The fraction of sp³-hybridized carbons (Fsp3) is 0.417. The Morgan fingerprint density at radius 3 is 2.17 bits per heavy atom. The normalized spacial score (nSPS) is 12.4. The van der Waals surface area contributed by atoms with Crippen LogP contribution in [-0.4, -0.2) is 11.4 Å². The highest BCUT2D eigenvalue weighted by Gasteiger charge is 2.31. The maximum atomic E-state index is 12.5. The molecule has 100 valence electrons. The first-order chi connectivity index (χ1) is 8.00. The zero-order chi connectivity index (χ0) is 14.1. The van der Waals surface area contributed by atoms with E-state index in [9.17, 15) is 18.0 Å². The molecular formula is C12H13F3INO. The molecule has 0 aliphatic heterocycles. The summed E-state index contributed by atoms with van der Waals surface area (Å²) < 4.78 is 37.7. The lowest BCUT2D eigenvalue weighted by Crippen LogP contribution is -2.40. The molecule has 0 aliphatic carbocycles. The Hall–Kier alpha value is -0.790. The van der Waals surface area contributed by atoms with Crippen molar-refractivity contribution in [3.63, 3.8) is 0 Å². The summed E-state index contributed by atoms with van der Waals surface area (Å²) in [6.07, 6.45) is -4.39. The third-order valence-corrected chi connectivity index (χ3v) is 2.92. The maximum Gasteiger partial charge on any atom is 0.416 e. The van der Waals surface area contributed by atoms with Gasteiger partial charge in [0, 0.05) is 9.11 Å². The Morgan fingerprint density at radius 2 is 1.78 bits per heavy atom. The van der Waals surface area contributed by atoms with E-state index in [0.717, 1.165) is 12.1 Å². The van der Waals surface area contributed by atoms with Crippen LogP contribution in [0.25, 0.3) is 0 Å². The molecule has 0 saturated heterocycles. The predicted octanol–water partition coefficient (Wildman–Crippen LogP) is 3.84. The topological polar surface area (TPSA) is 29.1 Å². The molecule has 0 saturated carbocycles. The van der Waals surface area contributed by atoms with Crippen LogP contribution in [0.3, 0.4) is 0 Å². The van der Waals surface area contributed by atoms with Crippen LogP contribution in [-0.2, 0) is 6.18 Å². The van der Waals surface area contributed by atoms with Crippen molar-refractivity contribution in [1.29, 1.82) is 0 Å². The van der Waals surface area contributed by atoms with Crippen molar-refractivity contribution in [3.8, 4) is 0 Å². The zero-order valence-corrected chi connectivity index (χ0v) is 12.3. The predicted molar refractivity (Wildman–Crippen MR) is 71.4 cm³/mol. The first-order valence-electron chi connectivity index (χ1n) is 5.20. The quantitative estimate of drug-likeness (QED) is 0.747. The molecule has 2 nitrogen and oxygen atoms in total. The second-order valence-electron chi connectivity index (χ2n) is 4.90. The molecule has 0 fully saturated rings. The Balaban J connectivity index is 3.03. The number of amides is 1. The Bertz CT molecular complexity index is 463. The standard InChI is InChI=1S/C12H13F3INO/c1-11(2,3)17-10(18)8-5-4-7(6-9(8)16)12(13,14)15/h4-6H,1-3H3,(H,17,18). The lowest BCUT2D eigenvalue weighted by molar-refractivity contribution is -0.137. The first kappa shape index (κ1) is 15.3. The summed E-state index contributed by atoms with van der Waals surface area (Å²) in [6, 6.07) is 3.09. The van der Waals surface area contributed by atoms with E-state index in [2.05, 4.69) is 5.32 Å². The molecule has 18 heavy (non-hydrogen) atoms. The van der Waals surface area contributed by atoms with E-state index < -0.39 is 17.3 Å². The van der Waals surface area contributed by atoms with Gasteiger partial charge in [0.15, 0.2) is 0 Å². The summed E-state index contributed by atoms with van der Waals surface area (Å²) >= 11 is 1.73. The molecule has 1 amide bonds. The average molecular weight is 371 g/mol. The van der Waals surface area contributed by atoms with E-state index in [-0.39, 0.29) is 15.0 Å². The average Bonchev–Trinajstić information content (AvgIpc) is 2.12. The molecule has 0 aliphatic rings. The Labute approximate surface area is 117 Å². The number of alkyl halides is 3. The van der Waals surface area contributed by atoms with Gasteiger partial charge in [0.1, 0.15) is 0 Å². The van der Waals surface area contributed by atoms with Gasteiger partial charge in [-0.1, -0.05) is 0 Å². The van der Waals surface area contributed by atoms with E-state index in [1.54, 1.807) is 22.6 Å². The number of nitrogens with one attached hydrogen (secondary N) is 1. The van der Waals surface area contributed by atoms with Gasteiger partial charge in [0.2, 0.25) is 0 Å². The van der Waals surface area contributed by atoms with Gasteiger partial charge >= 0.3 is 6.18 Å². The number of hydrogen-bond acceptors (Lipinski definition) is 1. The molecule has 1 aromatic carbocycles. The smallest absolute Gasteiger partial charge is 0.347 e. The van der Waals surface area contributed by atoms with E-state index in [4.69, 9.17) is 0 Å². The summed E-state index contributed by atoms with van der Waals surface area (Å²) in [5.41, 5.74) is -0.930. The number of benzene rings is 1. The number of hydrogen-bond donors (Lipinski definition) is 1. The summed E-state index contributed by atoms with van der Waals surface area (Å²) in [5, 5.41) is 2.71. The monoisotopic (exact) mass is 371 g/mol.